The lowest BCUT2D eigenvalue weighted by molar-refractivity contribution is -0.124. The Morgan fingerprint density at radius 2 is 2.04 bits per heavy atom. The van der Waals surface area contributed by atoms with Gasteiger partial charge in [-0.2, -0.15) is 0 Å². The van der Waals surface area contributed by atoms with Crippen LogP contribution < -0.4 is 10.6 Å². The molecule has 0 spiro atoms. The summed E-state index contributed by atoms with van der Waals surface area (Å²) in [6, 6.07) is 0. The van der Waals surface area contributed by atoms with Gasteiger partial charge < -0.3 is 10.6 Å². The van der Waals surface area contributed by atoms with E-state index in [1.54, 1.807) is 11.3 Å². The molecule has 1 aromatic rings. The lowest BCUT2D eigenvalue weighted by atomic mass is 9.96. The summed E-state index contributed by atoms with van der Waals surface area (Å²) >= 11 is 1.64. The van der Waals surface area contributed by atoms with Crippen molar-refractivity contribution in [3.05, 3.63) is 15.6 Å². The first kappa shape index (κ1) is 18.4. The van der Waals surface area contributed by atoms with Gasteiger partial charge >= 0.3 is 0 Å². The molecule has 1 aliphatic rings. The average molecular weight is 360 g/mol. The van der Waals surface area contributed by atoms with Gasteiger partial charge in [-0.3, -0.25) is 4.79 Å². The van der Waals surface area contributed by atoms with Crippen molar-refractivity contribution in [2.45, 2.75) is 44.3 Å². The van der Waals surface area contributed by atoms with E-state index in [0.717, 1.165) is 23.4 Å². The molecule has 130 valence electrons. The van der Waals surface area contributed by atoms with Crippen molar-refractivity contribution >= 4 is 27.1 Å². The van der Waals surface area contributed by atoms with Crippen LogP contribution in [0.2, 0.25) is 0 Å². The van der Waals surface area contributed by atoms with E-state index >= 15 is 0 Å². The minimum absolute atomic E-state index is 0.327. The zero-order valence-corrected chi connectivity index (χ0v) is 15.6. The summed E-state index contributed by atoms with van der Waals surface area (Å²) in [6.45, 7) is 5.63. The number of sulfone groups is 1. The zero-order chi connectivity index (χ0) is 17.1. The highest BCUT2D eigenvalue weighted by molar-refractivity contribution is 7.92. The van der Waals surface area contributed by atoms with E-state index in [-0.39, 0.29) is 5.91 Å². The Bertz CT molecular complexity index is 662. The molecular weight excluding hydrogens is 334 g/mol. The molecule has 23 heavy (non-hydrogen) atoms. The first-order chi connectivity index (χ1) is 10.8. The van der Waals surface area contributed by atoms with E-state index in [4.69, 9.17) is 0 Å². The molecule has 1 saturated heterocycles. The maximum Gasteiger partial charge on any atom is 0.241 e. The maximum atomic E-state index is 12.6. The fourth-order valence-corrected chi connectivity index (χ4v) is 5.34. The van der Waals surface area contributed by atoms with Crippen LogP contribution in [0.4, 0.5) is 0 Å². The number of aryl methyl sites for hydroxylation is 2. The molecule has 2 rings (SSSR count). The molecule has 0 radical (unpaired) electrons. The summed E-state index contributed by atoms with van der Waals surface area (Å²) in [7, 11) is -3.45. The summed E-state index contributed by atoms with van der Waals surface area (Å²) in [5.74, 6) is -0.370. The molecule has 8 heteroatoms. The lowest BCUT2D eigenvalue weighted by Crippen LogP contribution is -2.57. The van der Waals surface area contributed by atoms with Crippen LogP contribution in [0, 0.1) is 6.92 Å². The van der Waals surface area contributed by atoms with Crippen LogP contribution in [0.15, 0.2) is 0 Å². The van der Waals surface area contributed by atoms with Crippen LogP contribution >= 0.6 is 11.3 Å². The van der Waals surface area contributed by atoms with E-state index in [1.807, 2.05) is 6.92 Å². The number of rotatable bonds is 6. The summed E-state index contributed by atoms with van der Waals surface area (Å²) in [5.41, 5.74) is 1.10. The number of thiazole rings is 1. The van der Waals surface area contributed by atoms with Crippen molar-refractivity contribution in [2.24, 2.45) is 0 Å². The van der Waals surface area contributed by atoms with E-state index in [1.165, 1.54) is 4.88 Å². The summed E-state index contributed by atoms with van der Waals surface area (Å²) in [5, 5.41) is 6.91. The summed E-state index contributed by atoms with van der Waals surface area (Å²) in [4.78, 5) is 18.3. The molecule has 0 unspecified atom stereocenters. The first-order valence-electron chi connectivity index (χ1n) is 7.94. The van der Waals surface area contributed by atoms with Crippen molar-refractivity contribution in [2.75, 3.05) is 25.9 Å². The highest BCUT2D eigenvalue weighted by Crippen LogP contribution is 2.28. The first-order valence-corrected chi connectivity index (χ1v) is 10.6. The molecule has 0 atom stereocenters. The largest absolute Gasteiger partial charge is 0.354 e. The van der Waals surface area contributed by atoms with Crippen LogP contribution in [0.3, 0.4) is 0 Å². The molecule has 0 saturated carbocycles. The Morgan fingerprint density at radius 3 is 2.57 bits per heavy atom. The molecule has 0 aromatic carbocycles. The Kier molecular flexibility index (Phi) is 5.80. The second kappa shape index (κ2) is 7.27. The number of hydrogen-bond donors (Lipinski definition) is 2. The highest BCUT2D eigenvalue weighted by Gasteiger charge is 2.48. The van der Waals surface area contributed by atoms with Crippen LogP contribution in [-0.2, 0) is 27.5 Å². The van der Waals surface area contributed by atoms with Crippen molar-refractivity contribution in [1.82, 2.24) is 15.6 Å². The molecule has 1 fully saturated rings. The van der Waals surface area contributed by atoms with E-state index in [2.05, 4.69) is 22.5 Å². The normalized spacial score (nSPS) is 17.9. The number of carbonyl (C=O) groups is 1. The van der Waals surface area contributed by atoms with Gasteiger partial charge in [-0.25, -0.2) is 13.4 Å². The molecule has 2 heterocycles. The fraction of sp³-hybridized carbons (Fsp3) is 0.733. The number of nitrogens with zero attached hydrogens (tertiary/aromatic N) is 1. The number of piperidine rings is 1. The lowest BCUT2D eigenvalue weighted by Gasteiger charge is -2.34. The van der Waals surface area contributed by atoms with Gasteiger partial charge in [-0.15, -0.1) is 11.3 Å². The standard InChI is InChI=1S/C15H25N3O3S2/c1-4-12-11(2)22-13(18-12)5-8-17-14(19)15(23(3,20)21)6-9-16-10-7-15/h16H,4-10H2,1-3H3,(H,17,19). The highest BCUT2D eigenvalue weighted by atomic mass is 32.2. The Labute approximate surface area is 142 Å². The molecule has 6 nitrogen and oxygen atoms in total. The third-order valence-electron chi connectivity index (χ3n) is 4.43. The Morgan fingerprint density at radius 1 is 1.39 bits per heavy atom. The Hall–Kier alpha value is -0.990. The van der Waals surface area contributed by atoms with Gasteiger partial charge in [0.05, 0.1) is 10.7 Å². The third kappa shape index (κ3) is 3.92. The summed E-state index contributed by atoms with van der Waals surface area (Å²) < 4.78 is 23.1. The summed E-state index contributed by atoms with van der Waals surface area (Å²) in [6.07, 6.45) is 3.35. The molecule has 0 aliphatic carbocycles. The van der Waals surface area contributed by atoms with Crippen LogP contribution in [-0.4, -0.2) is 49.9 Å². The van der Waals surface area contributed by atoms with Gasteiger partial charge in [-0.1, -0.05) is 6.92 Å². The van der Waals surface area contributed by atoms with Gasteiger partial charge in [0.15, 0.2) is 14.6 Å². The second-order valence-corrected chi connectivity index (χ2v) is 9.60. The number of nitrogens with one attached hydrogen (secondary N) is 2. The van der Waals surface area contributed by atoms with Crippen molar-refractivity contribution in [3.8, 4) is 0 Å². The van der Waals surface area contributed by atoms with Gasteiger partial charge in [0.1, 0.15) is 0 Å². The second-order valence-electron chi connectivity index (χ2n) is 5.99. The van der Waals surface area contributed by atoms with E-state index < -0.39 is 14.6 Å². The quantitative estimate of drug-likeness (QED) is 0.786. The molecule has 1 amide bonds. The van der Waals surface area contributed by atoms with Crippen LogP contribution in [0.25, 0.3) is 0 Å². The molecule has 0 bridgehead atoms. The van der Waals surface area contributed by atoms with E-state index in [0.29, 0.717) is 38.9 Å². The average Bonchev–Trinajstić information content (AvgIpc) is 2.86. The predicted molar refractivity (Wildman–Crippen MR) is 92.6 cm³/mol. The third-order valence-corrected chi connectivity index (χ3v) is 7.52. The number of aromatic nitrogens is 1. The molecule has 1 aliphatic heterocycles. The minimum Gasteiger partial charge on any atom is -0.354 e. The van der Waals surface area contributed by atoms with Crippen LogP contribution in [0.1, 0.15) is 35.3 Å². The molecule has 2 N–H and O–H groups in total. The zero-order valence-electron chi connectivity index (χ0n) is 13.9. The Balaban J connectivity index is 1.99. The van der Waals surface area contributed by atoms with Gasteiger partial charge in [0, 0.05) is 24.1 Å². The molecule has 1 aromatic heterocycles. The smallest absolute Gasteiger partial charge is 0.241 e. The van der Waals surface area contributed by atoms with Gasteiger partial charge in [0.2, 0.25) is 5.91 Å². The topological polar surface area (TPSA) is 88.2 Å². The SMILES string of the molecule is CCc1nc(CCNC(=O)C2(S(C)(=O)=O)CCNCC2)sc1C. The number of carbonyl (C=O) groups excluding carboxylic acids is 1. The fourth-order valence-electron chi connectivity index (χ4n) is 2.96. The van der Waals surface area contributed by atoms with E-state index in [9.17, 15) is 13.2 Å². The number of hydrogen-bond acceptors (Lipinski definition) is 6. The van der Waals surface area contributed by atoms with Crippen LogP contribution in [0.5, 0.6) is 0 Å². The monoisotopic (exact) mass is 359 g/mol. The van der Waals surface area contributed by atoms with Crippen molar-refractivity contribution in [3.63, 3.8) is 0 Å². The molecular formula is C15H25N3O3S2. The van der Waals surface area contributed by atoms with Crippen molar-refractivity contribution in [1.29, 1.82) is 0 Å². The van der Waals surface area contributed by atoms with Gasteiger partial charge in [0.25, 0.3) is 0 Å². The minimum atomic E-state index is -3.45. The van der Waals surface area contributed by atoms with Crippen molar-refractivity contribution < 1.29 is 13.2 Å². The predicted octanol–water partition coefficient (Wildman–Crippen LogP) is 0.839. The maximum absolute atomic E-state index is 12.6. The number of amides is 1. The van der Waals surface area contributed by atoms with Gasteiger partial charge in [-0.05, 0) is 39.3 Å².